The third kappa shape index (κ3) is 5.42. The maximum atomic E-state index is 14.7. The molecule has 1 aliphatic rings. The zero-order valence-corrected chi connectivity index (χ0v) is 18.6. The van der Waals surface area contributed by atoms with E-state index in [1.165, 1.54) is 7.11 Å². The summed E-state index contributed by atoms with van der Waals surface area (Å²) in [7, 11) is 1.27. The number of carbonyl (C=O) groups is 1. The number of halogens is 2. The number of carbonyl (C=O) groups excluding carboxylic acids is 1. The first-order chi connectivity index (χ1) is 15.7. The molecule has 0 bridgehead atoms. The lowest BCUT2D eigenvalue weighted by atomic mass is 9.84. The highest BCUT2D eigenvalue weighted by Gasteiger charge is 2.30. The van der Waals surface area contributed by atoms with Crippen LogP contribution in [0, 0.1) is 11.6 Å². The molecule has 2 aromatic carbocycles. The number of urea groups is 1. The van der Waals surface area contributed by atoms with Crippen LogP contribution in [0.1, 0.15) is 50.0 Å². The molecule has 4 rings (SSSR count). The number of H-pyrrole nitrogens is 1. The predicted octanol–water partition coefficient (Wildman–Crippen LogP) is 4.13. The van der Waals surface area contributed by atoms with Crippen LogP contribution in [0.2, 0.25) is 0 Å². The van der Waals surface area contributed by atoms with Gasteiger partial charge in [0.05, 0.1) is 29.8 Å². The number of benzene rings is 2. The van der Waals surface area contributed by atoms with Crippen molar-refractivity contribution in [2.24, 2.45) is 0 Å². The fourth-order valence-corrected chi connectivity index (χ4v) is 4.23. The van der Waals surface area contributed by atoms with E-state index in [0.717, 1.165) is 17.6 Å². The van der Waals surface area contributed by atoms with Crippen LogP contribution in [-0.4, -0.2) is 39.9 Å². The SMILES string of the molecule is COc1cc(F)c(CC(NC(=O)N[C@H]2CC[C@](C)(O)CC2)c2nc3ccccc3[nH]2)cc1F. The molecule has 1 aliphatic carbocycles. The molecular formula is C24H28F2N4O3. The highest BCUT2D eigenvalue weighted by molar-refractivity contribution is 5.76. The lowest BCUT2D eigenvalue weighted by molar-refractivity contribution is 0.0151. The van der Waals surface area contributed by atoms with Crippen molar-refractivity contribution >= 4 is 17.1 Å². The van der Waals surface area contributed by atoms with Gasteiger partial charge in [0.15, 0.2) is 11.6 Å². The summed E-state index contributed by atoms with van der Waals surface area (Å²) in [5, 5.41) is 15.9. The lowest BCUT2D eigenvalue weighted by Crippen LogP contribution is -2.47. The van der Waals surface area contributed by atoms with E-state index in [2.05, 4.69) is 20.6 Å². The predicted molar refractivity (Wildman–Crippen MR) is 120 cm³/mol. The molecule has 0 spiro atoms. The number of amides is 2. The minimum Gasteiger partial charge on any atom is -0.494 e. The van der Waals surface area contributed by atoms with Gasteiger partial charge in [-0.2, -0.15) is 0 Å². The number of ether oxygens (including phenoxy) is 1. The highest BCUT2D eigenvalue weighted by atomic mass is 19.1. The first-order valence-corrected chi connectivity index (χ1v) is 11.0. The fraction of sp³-hybridized carbons (Fsp3) is 0.417. The summed E-state index contributed by atoms with van der Waals surface area (Å²) >= 11 is 0. The molecule has 33 heavy (non-hydrogen) atoms. The molecule has 0 radical (unpaired) electrons. The minimum absolute atomic E-state index is 0.0145. The van der Waals surface area contributed by atoms with Crippen LogP contribution in [0.5, 0.6) is 5.75 Å². The number of nitrogens with one attached hydrogen (secondary N) is 3. The molecule has 0 saturated heterocycles. The number of aromatic amines is 1. The summed E-state index contributed by atoms with van der Waals surface area (Å²) < 4.78 is 33.7. The van der Waals surface area contributed by atoms with Crippen molar-refractivity contribution in [2.45, 2.75) is 56.7 Å². The Morgan fingerprint density at radius 3 is 2.70 bits per heavy atom. The molecule has 1 heterocycles. The number of fused-ring (bicyclic) bond motifs is 1. The van der Waals surface area contributed by atoms with Gasteiger partial charge < -0.3 is 25.5 Å². The Balaban J connectivity index is 1.55. The molecule has 176 valence electrons. The van der Waals surface area contributed by atoms with Crippen LogP contribution in [0.25, 0.3) is 11.0 Å². The summed E-state index contributed by atoms with van der Waals surface area (Å²) in [5.41, 5.74) is 0.862. The number of aromatic nitrogens is 2. The van der Waals surface area contributed by atoms with E-state index in [9.17, 15) is 18.7 Å². The molecule has 1 fully saturated rings. The average molecular weight is 459 g/mol. The van der Waals surface area contributed by atoms with E-state index < -0.39 is 29.3 Å². The van der Waals surface area contributed by atoms with E-state index in [-0.39, 0.29) is 23.8 Å². The third-order valence-electron chi connectivity index (χ3n) is 6.19. The molecule has 1 aromatic heterocycles. The molecule has 1 unspecified atom stereocenters. The topological polar surface area (TPSA) is 99.3 Å². The lowest BCUT2D eigenvalue weighted by Gasteiger charge is -2.33. The normalized spacial score (nSPS) is 21.5. The van der Waals surface area contributed by atoms with Gasteiger partial charge in [0.1, 0.15) is 11.6 Å². The van der Waals surface area contributed by atoms with Gasteiger partial charge in [0.25, 0.3) is 0 Å². The zero-order valence-electron chi connectivity index (χ0n) is 18.6. The van der Waals surface area contributed by atoms with Crippen molar-refractivity contribution in [3.05, 3.63) is 59.4 Å². The van der Waals surface area contributed by atoms with E-state index in [1.54, 1.807) is 6.92 Å². The van der Waals surface area contributed by atoms with Gasteiger partial charge in [0, 0.05) is 18.5 Å². The largest absolute Gasteiger partial charge is 0.494 e. The highest BCUT2D eigenvalue weighted by Crippen LogP contribution is 2.28. The zero-order chi connectivity index (χ0) is 23.6. The Bertz CT molecular complexity index is 1100. The monoisotopic (exact) mass is 458 g/mol. The second kappa shape index (κ2) is 9.35. The van der Waals surface area contributed by atoms with Gasteiger partial charge >= 0.3 is 6.03 Å². The molecule has 4 N–H and O–H groups in total. The molecule has 3 aromatic rings. The van der Waals surface area contributed by atoms with Crippen LogP contribution >= 0.6 is 0 Å². The van der Waals surface area contributed by atoms with Crippen LogP contribution in [-0.2, 0) is 6.42 Å². The molecule has 1 atom stereocenters. The van der Waals surface area contributed by atoms with Crippen LogP contribution in [0.15, 0.2) is 36.4 Å². The number of hydrogen-bond acceptors (Lipinski definition) is 4. The van der Waals surface area contributed by atoms with Gasteiger partial charge in [-0.25, -0.2) is 18.6 Å². The average Bonchev–Trinajstić information content (AvgIpc) is 3.21. The standard InChI is InChI=1S/C24H28F2N4O3/c1-24(32)9-7-15(8-10-24)27-23(31)30-20(22-28-18-5-3-4-6-19(18)29-22)12-14-11-17(26)21(33-2)13-16(14)25/h3-6,11,13,15,20,32H,7-10,12H2,1-2H3,(H,28,29)(H2,27,30,31)/t15-,20?,24-. The Hall–Kier alpha value is -3.20. The smallest absolute Gasteiger partial charge is 0.315 e. The number of rotatable bonds is 6. The summed E-state index contributed by atoms with van der Waals surface area (Å²) in [6.45, 7) is 1.80. The van der Waals surface area contributed by atoms with Crippen molar-refractivity contribution in [3.63, 3.8) is 0 Å². The second-order valence-electron chi connectivity index (χ2n) is 8.86. The van der Waals surface area contributed by atoms with Crippen molar-refractivity contribution < 1.29 is 23.4 Å². The maximum Gasteiger partial charge on any atom is 0.315 e. The van der Waals surface area contributed by atoms with E-state index in [4.69, 9.17) is 4.74 Å². The molecule has 1 saturated carbocycles. The first kappa shape index (κ1) is 23.0. The number of hydrogen-bond donors (Lipinski definition) is 4. The van der Waals surface area contributed by atoms with Gasteiger partial charge in [-0.3, -0.25) is 0 Å². The molecule has 0 aliphatic heterocycles. The Kier molecular flexibility index (Phi) is 6.51. The molecular weight excluding hydrogens is 430 g/mol. The molecule has 7 nitrogen and oxygen atoms in total. The van der Waals surface area contributed by atoms with Gasteiger partial charge in [-0.15, -0.1) is 0 Å². The van der Waals surface area contributed by atoms with Crippen molar-refractivity contribution in [1.29, 1.82) is 0 Å². The van der Waals surface area contributed by atoms with Crippen LogP contribution in [0.4, 0.5) is 13.6 Å². The summed E-state index contributed by atoms with van der Waals surface area (Å²) in [6, 6.07) is 8.22. The fourth-order valence-electron chi connectivity index (χ4n) is 4.23. The third-order valence-corrected chi connectivity index (χ3v) is 6.19. The number of para-hydroxylation sites is 2. The number of nitrogens with zero attached hydrogens (tertiary/aromatic N) is 1. The first-order valence-electron chi connectivity index (χ1n) is 11.0. The molecule has 2 amide bonds. The van der Waals surface area contributed by atoms with Gasteiger partial charge in [-0.1, -0.05) is 12.1 Å². The van der Waals surface area contributed by atoms with E-state index in [0.29, 0.717) is 37.0 Å². The molecule has 9 heteroatoms. The maximum absolute atomic E-state index is 14.7. The number of methoxy groups -OCH3 is 1. The Morgan fingerprint density at radius 2 is 2.00 bits per heavy atom. The van der Waals surface area contributed by atoms with Crippen molar-refractivity contribution in [3.8, 4) is 5.75 Å². The second-order valence-corrected chi connectivity index (χ2v) is 8.86. The minimum atomic E-state index is -0.730. The number of imidazole rings is 1. The van der Waals surface area contributed by atoms with E-state index >= 15 is 0 Å². The summed E-state index contributed by atoms with van der Waals surface area (Å²) in [6.07, 6.45) is 2.50. The summed E-state index contributed by atoms with van der Waals surface area (Å²) in [5.74, 6) is -1.06. The van der Waals surface area contributed by atoms with Crippen LogP contribution < -0.4 is 15.4 Å². The van der Waals surface area contributed by atoms with Crippen molar-refractivity contribution in [2.75, 3.05) is 7.11 Å². The van der Waals surface area contributed by atoms with Gasteiger partial charge in [0.2, 0.25) is 0 Å². The summed E-state index contributed by atoms with van der Waals surface area (Å²) in [4.78, 5) is 20.5. The Morgan fingerprint density at radius 1 is 1.27 bits per heavy atom. The quantitative estimate of drug-likeness (QED) is 0.446. The van der Waals surface area contributed by atoms with E-state index in [1.807, 2.05) is 24.3 Å². The van der Waals surface area contributed by atoms with Gasteiger partial charge in [-0.05, 0) is 56.4 Å². The number of aliphatic hydroxyl groups is 1. The Labute approximate surface area is 190 Å². The van der Waals surface area contributed by atoms with Crippen LogP contribution in [0.3, 0.4) is 0 Å². The van der Waals surface area contributed by atoms with Crippen molar-refractivity contribution in [1.82, 2.24) is 20.6 Å².